The van der Waals surface area contributed by atoms with Gasteiger partial charge < -0.3 is 10.6 Å². The minimum Gasteiger partial charge on any atom is -0.332 e. The van der Waals surface area contributed by atoms with Crippen molar-refractivity contribution in [1.29, 1.82) is 0 Å². The Morgan fingerprint density at radius 1 is 1.21 bits per heavy atom. The lowest BCUT2D eigenvalue weighted by atomic mass is 9.86. The van der Waals surface area contributed by atoms with E-state index in [0.29, 0.717) is 11.3 Å². The molecule has 0 radical (unpaired) electrons. The van der Waals surface area contributed by atoms with Gasteiger partial charge in [0.1, 0.15) is 5.82 Å². The largest absolute Gasteiger partial charge is 0.332 e. The van der Waals surface area contributed by atoms with Crippen LogP contribution in [0.15, 0.2) is 66.5 Å². The SMILES string of the molecule is Cc1cc2ncccc2cc1NC(=O)C1=CNC(=O)C[C@H]1c1ccc(F)cc1. The molecule has 2 amide bonds. The first-order valence-electron chi connectivity index (χ1n) is 8.93. The Kier molecular flexibility index (Phi) is 4.61. The maximum Gasteiger partial charge on any atom is 0.253 e. The lowest BCUT2D eigenvalue weighted by Crippen LogP contribution is -2.32. The molecule has 2 N–H and O–H groups in total. The molecule has 0 spiro atoms. The summed E-state index contributed by atoms with van der Waals surface area (Å²) in [4.78, 5) is 29.2. The van der Waals surface area contributed by atoms with Crippen molar-refractivity contribution < 1.29 is 14.0 Å². The van der Waals surface area contributed by atoms with Crippen LogP contribution in [0.4, 0.5) is 10.1 Å². The zero-order valence-electron chi connectivity index (χ0n) is 15.2. The molecule has 2 heterocycles. The van der Waals surface area contributed by atoms with E-state index in [-0.39, 0.29) is 24.1 Å². The van der Waals surface area contributed by atoms with Gasteiger partial charge in [0.05, 0.1) is 5.52 Å². The minimum absolute atomic E-state index is 0.130. The molecule has 4 rings (SSSR count). The van der Waals surface area contributed by atoms with Crippen LogP contribution < -0.4 is 10.6 Å². The first kappa shape index (κ1) is 17.9. The molecule has 1 atom stereocenters. The summed E-state index contributed by atoms with van der Waals surface area (Å²) in [5.41, 5.74) is 3.57. The monoisotopic (exact) mass is 375 g/mol. The molecule has 0 aliphatic carbocycles. The highest BCUT2D eigenvalue weighted by Gasteiger charge is 2.29. The van der Waals surface area contributed by atoms with Crippen LogP contribution in [0.3, 0.4) is 0 Å². The third kappa shape index (κ3) is 3.49. The summed E-state index contributed by atoms with van der Waals surface area (Å²) in [6.45, 7) is 1.90. The van der Waals surface area contributed by atoms with Crippen LogP contribution in [-0.2, 0) is 9.59 Å². The maximum absolute atomic E-state index is 13.3. The van der Waals surface area contributed by atoms with Crippen molar-refractivity contribution in [3.63, 3.8) is 0 Å². The predicted octanol–water partition coefficient (Wildman–Crippen LogP) is 3.81. The highest BCUT2D eigenvalue weighted by atomic mass is 19.1. The summed E-state index contributed by atoms with van der Waals surface area (Å²) >= 11 is 0. The van der Waals surface area contributed by atoms with Crippen LogP contribution in [0.25, 0.3) is 10.9 Å². The number of fused-ring (bicyclic) bond motifs is 1. The third-order valence-corrected chi connectivity index (χ3v) is 4.89. The number of aryl methyl sites for hydroxylation is 1. The van der Waals surface area contributed by atoms with Crippen LogP contribution in [0, 0.1) is 12.7 Å². The van der Waals surface area contributed by atoms with Crippen molar-refractivity contribution in [3.05, 3.63) is 83.4 Å². The normalized spacial score (nSPS) is 16.4. The number of hydrogen-bond donors (Lipinski definition) is 2. The molecule has 0 unspecified atom stereocenters. The number of carbonyl (C=O) groups is 2. The van der Waals surface area contributed by atoms with Crippen molar-refractivity contribution >= 4 is 28.4 Å². The predicted molar refractivity (Wildman–Crippen MR) is 105 cm³/mol. The van der Waals surface area contributed by atoms with Gasteiger partial charge in [-0.1, -0.05) is 18.2 Å². The van der Waals surface area contributed by atoms with E-state index < -0.39 is 5.92 Å². The van der Waals surface area contributed by atoms with E-state index in [9.17, 15) is 14.0 Å². The summed E-state index contributed by atoms with van der Waals surface area (Å²) in [5, 5.41) is 6.47. The molecule has 5 nitrogen and oxygen atoms in total. The van der Waals surface area contributed by atoms with Gasteiger partial charge in [-0.2, -0.15) is 0 Å². The molecule has 0 fully saturated rings. The molecule has 1 aliphatic rings. The van der Waals surface area contributed by atoms with Crippen LogP contribution in [0.2, 0.25) is 0 Å². The number of hydrogen-bond acceptors (Lipinski definition) is 3. The number of pyridine rings is 1. The smallest absolute Gasteiger partial charge is 0.253 e. The molecular weight excluding hydrogens is 357 g/mol. The molecule has 1 aromatic heterocycles. The van der Waals surface area contributed by atoms with E-state index in [1.165, 1.54) is 18.3 Å². The van der Waals surface area contributed by atoms with Gasteiger partial charge in [-0.25, -0.2) is 4.39 Å². The van der Waals surface area contributed by atoms with Gasteiger partial charge >= 0.3 is 0 Å². The van der Waals surface area contributed by atoms with E-state index >= 15 is 0 Å². The van der Waals surface area contributed by atoms with Crippen molar-refractivity contribution in [1.82, 2.24) is 10.3 Å². The fraction of sp³-hybridized carbons (Fsp3) is 0.136. The standard InChI is InChI=1S/C22H18FN3O2/c1-13-9-20-15(3-2-8-24-20)10-19(13)26-22(28)18-12-25-21(27)11-17(18)14-4-6-16(23)7-5-14/h2-10,12,17H,11H2,1H3,(H,25,27)(H,26,28)/t17-/m0/s1. The molecule has 140 valence electrons. The molecule has 0 saturated carbocycles. The van der Waals surface area contributed by atoms with Gasteiger partial charge in [0.25, 0.3) is 5.91 Å². The Labute approximate surface area is 161 Å². The Morgan fingerprint density at radius 3 is 2.79 bits per heavy atom. The summed E-state index contributed by atoms with van der Waals surface area (Å²) in [7, 11) is 0. The fourth-order valence-corrected chi connectivity index (χ4v) is 3.38. The second-order valence-corrected chi connectivity index (χ2v) is 6.79. The van der Waals surface area contributed by atoms with E-state index in [0.717, 1.165) is 22.0 Å². The van der Waals surface area contributed by atoms with Gasteiger partial charge in [0, 0.05) is 41.4 Å². The molecule has 6 heteroatoms. The van der Waals surface area contributed by atoms with Gasteiger partial charge in [0.2, 0.25) is 5.91 Å². The lowest BCUT2D eigenvalue weighted by Gasteiger charge is -2.24. The number of nitrogens with zero attached hydrogens (tertiary/aromatic N) is 1. The number of anilines is 1. The number of carbonyl (C=O) groups excluding carboxylic acids is 2. The molecule has 1 aliphatic heterocycles. The zero-order valence-corrected chi connectivity index (χ0v) is 15.2. The van der Waals surface area contributed by atoms with Gasteiger partial charge in [-0.15, -0.1) is 0 Å². The van der Waals surface area contributed by atoms with Crippen molar-refractivity contribution in [2.75, 3.05) is 5.32 Å². The second-order valence-electron chi connectivity index (χ2n) is 6.79. The molecule has 0 saturated heterocycles. The average molecular weight is 375 g/mol. The van der Waals surface area contributed by atoms with Crippen LogP contribution in [-0.4, -0.2) is 16.8 Å². The number of amides is 2. The Balaban J connectivity index is 1.65. The number of halogens is 1. The van der Waals surface area contributed by atoms with E-state index in [2.05, 4.69) is 15.6 Å². The Bertz CT molecular complexity index is 1110. The van der Waals surface area contributed by atoms with Crippen molar-refractivity contribution in [2.45, 2.75) is 19.3 Å². The van der Waals surface area contributed by atoms with E-state index in [1.54, 1.807) is 18.3 Å². The minimum atomic E-state index is -0.434. The van der Waals surface area contributed by atoms with E-state index in [1.807, 2.05) is 31.2 Å². The lowest BCUT2D eigenvalue weighted by molar-refractivity contribution is -0.121. The first-order valence-corrected chi connectivity index (χ1v) is 8.93. The van der Waals surface area contributed by atoms with Crippen LogP contribution >= 0.6 is 0 Å². The summed E-state index contributed by atoms with van der Waals surface area (Å²) in [5.74, 6) is -1.28. The zero-order chi connectivity index (χ0) is 19.7. The summed E-state index contributed by atoms with van der Waals surface area (Å²) in [6, 6.07) is 13.4. The second kappa shape index (κ2) is 7.23. The van der Waals surface area contributed by atoms with E-state index in [4.69, 9.17) is 0 Å². The highest BCUT2D eigenvalue weighted by molar-refractivity contribution is 6.07. The maximum atomic E-state index is 13.3. The van der Waals surface area contributed by atoms with Gasteiger partial charge in [-0.3, -0.25) is 14.6 Å². The van der Waals surface area contributed by atoms with Crippen LogP contribution in [0.1, 0.15) is 23.5 Å². The molecule has 0 bridgehead atoms. The highest BCUT2D eigenvalue weighted by Crippen LogP contribution is 2.32. The summed E-state index contributed by atoms with van der Waals surface area (Å²) < 4.78 is 13.3. The number of rotatable bonds is 3. The molecule has 28 heavy (non-hydrogen) atoms. The quantitative estimate of drug-likeness (QED) is 0.731. The number of aromatic nitrogens is 1. The number of nitrogens with one attached hydrogen (secondary N) is 2. The fourth-order valence-electron chi connectivity index (χ4n) is 3.38. The van der Waals surface area contributed by atoms with Gasteiger partial charge in [-0.05, 0) is 48.4 Å². The third-order valence-electron chi connectivity index (χ3n) is 4.89. The van der Waals surface area contributed by atoms with Gasteiger partial charge in [0.15, 0.2) is 0 Å². The molecule has 2 aromatic carbocycles. The topological polar surface area (TPSA) is 71.1 Å². The first-order chi connectivity index (χ1) is 13.5. The Hall–Kier alpha value is -3.54. The average Bonchev–Trinajstić information content (AvgIpc) is 2.69. The van der Waals surface area contributed by atoms with Crippen molar-refractivity contribution in [3.8, 4) is 0 Å². The summed E-state index contributed by atoms with van der Waals surface area (Å²) in [6.07, 6.45) is 3.29. The Morgan fingerprint density at radius 2 is 2.00 bits per heavy atom. The number of benzene rings is 2. The van der Waals surface area contributed by atoms with Crippen LogP contribution in [0.5, 0.6) is 0 Å². The molecule has 3 aromatic rings. The van der Waals surface area contributed by atoms with Crippen molar-refractivity contribution in [2.24, 2.45) is 0 Å². The molecular formula is C22H18FN3O2.